The molecular weight excluding hydrogens is 597 g/mol. The number of ether oxygens (including phenoxy) is 2. The van der Waals surface area contributed by atoms with Gasteiger partial charge < -0.3 is 25.4 Å². The van der Waals surface area contributed by atoms with Gasteiger partial charge in [0.05, 0.1) is 31.0 Å². The molecule has 2 heterocycles. The van der Waals surface area contributed by atoms with Crippen LogP contribution in [-0.4, -0.2) is 35.1 Å². The molecule has 0 aliphatic carbocycles. The second-order valence-corrected chi connectivity index (χ2v) is 10.3. The number of aryl methyl sites for hydroxylation is 1. The molecule has 0 saturated carbocycles. The molecule has 0 aliphatic rings. The number of hydrogen-bond donors (Lipinski definition) is 3. The van der Waals surface area contributed by atoms with E-state index >= 15 is 0 Å². The third kappa shape index (κ3) is 5.80. The summed E-state index contributed by atoms with van der Waals surface area (Å²) in [4.78, 5) is 26.8. The van der Waals surface area contributed by atoms with E-state index in [0.29, 0.717) is 68.9 Å². The van der Waals surface area contributed by atoms with Crippen molar-refractivity contribution in [2.45, 2.75) is 13.5 Å². The highest BCUT2D eigenvalue weighted by Crippen LogP contribution is 2.34. The highest BCUT2D eigenvalue weighted by Gasteiger charge is 2.19. The minimum absolute atomic E-state index is 0.125. The Morgan fingerprint density at radius 2 is 1.61 bits per heavy atom. The highest BCUT2D eigenvalue weighted by atomic mass is 19.1. The number of halogens is 3. The lowest BCUT2D eigenvalue weighted by molar-refractivity contribution is 0.102. The van der Waals surface area contributed by atoms with Gasteiger partial charge in [-0.1, -0.05) is 18.2 Å². The van der Waals surface area contributed by atoms with Crippen LogP contribution in [-0.2, 0) is 6.54 Å². The molecule has 0 atom stereocenters. The molecular formula is C34H27F3N6O3. The van der Waals surface area contributed by atoms with E-state index in [0.717, 1.165) is 11.1 Å². The molecule has 0 unspecified atom stereocenters. The lowest BCUT2D eigenvalue weighted by Crippen LogP contribution is -2.15. The van der Waals surface area contributed by atoms with Crippen LogP contribution in [0.1, 0.15) is 21.5 Å². The summed E-state index contributed by atoms with van der Waals surface area (Å²) in [5, 5.41) is 10.6. The third-order valence-corrected chi connectivity index (χ3v) is 7.49. The van der Waals surface area contributed by atoms with Crippen molar-refractivity contribution in [2.75, 3.05) is 30.2 Å². The second kappa shape index (κ2) is 12.6. The maximum absolute atomic E-state index is 14.4. The number of aromatic nitrogens is 3. The molecule has 3 N–H and O–H groups in total. The first-order valence-corrected chi connectivity index (χ1v) is 14.1. The van der Waals surface area contributed by atoms with E-state index in [9.17, 15) is 18.0 Å². The number of nitrogens with zero attached hydrogens (tertiary/aromatic N) is 3. The van der Waals surface area contributed by atoms with Crippen LogP contribution < -0.4 is 25.4 Å². The first-order valence-electron chi connectivity index (χ1n) is 14.1. The van der Waals surface area contributed by atoms with Crippen LogP contribution in [0.15, 0.2) is 79.3 Å². The Balaban J connectivity index is 1.30. The van der Waals surface area contributed by atoms with Crippen LogP contribution in [0.4, 0.5) is 36.2 Å². The van der Waals surface area contributed by atoms with E-state index in [1.165, 1.54) is 12.5 Å². The van der Waals surface area contributed by atoms with Crippen molar-refractivity contribution in [3.63, 3.8) is 0 Å². The van der Waals surface area contributed by atoms with E-state index in [4.69, 9.17) is 9.47 Å². The van der Waals surface area contributed by atoms with Crippen molar-refractivity contribution in [1.29, 1.82) is 0 Å². The van der Waals surface area contributed by atoms with Crippen molar-refractivity contribution in [1.82, 2.24) is 15.0 Å². The lowest BCUT2D eigenvalue weighted by Gasteiger charge is -2.16. The molecule has 232 valence electrons. The van der Waals surface area contributed by atoms with Gasteiger partial charge in [-0.3, -0.25) is 4.79 Å². The Morgan fingerprint density at radius 3 is 2.37 bits per heavy atom. The fourth-order valence-electron chi connectivity index (χ4n) is 5.18. The van der Waals surface area contributed by atoms with Gasteiger partial charge in [0.15, 0.2) is 11.6 Å². The predicted octanol–water partition coefficient (Wildman–Crippen LogP) is 7.53. The van der Waals surface area contributed by atoms with Gasteiger partial charge in [-0.25, -0.2) is 28.1 Å². The predicted molar refractivity (Wildman–Crippen MR) is 170 cm³/mol. The number of benzene rings is 4. The molecule has 12 heteroatoms. The Hall–Kier alpha value is -5.91. The van der Waals surface area contributed by atoms with E-state index in [1.807, 2.05) is 25.1 Å². The van der Waals surface area contributed by atoms with Gasteiger partial charge in [0.25, 0.3) is 5.91 Å². The zero-order valence-corrected chi connectivity index (χ0v) is 24.9. The minimum Gasteiger partial charge on any atom is -0.497 e. The summed E-state index contributed by atoms with van der Waals surface area (Å²) >= 11 is 0. The number of pyridine rings is 1. The van der Waals surface area contributed by atoms with Crippen LogP contribution >= 0.6 is 0 Å². The fraction of sp³-hybridized carbons (Fsp3) is 0.118. The lowest BCUT2D eigenvalue weighted by atomic mass is 10.0. The van der Waals surface area contributed by atoms with Crippen LogP contribution in [0, 0.1) is 24.4 Å². The maximum Gasteiger partial charge on any atom is 0.257 e. The topological polar surface area (TPSA) is 110 Å². The SMILES string of the molecule is COc1ccc(CNc2ncnc3c(C(=O)Nc4c(C)ccc5c(Nc6c(F)cc(F)cc6F)nccc45)cccc23)c(OC)c1. The molecule has 0 fully saturated rings. The third-order valence-electron chi connectivity index (χ3n) is 7.49. The van der Waals surface area contributed by atoms with Gasteiger partial charge in [0.1, 0.15) is 41.0 Å². The van der Waals surface area contributed by atoms with E-state index in [-0.39, 0.29) is 5.82 Å². The first kappa shape index (κ1) is 30.1. The Bertz CT molecular complexity index is 2100. The van der Waals surface area contributed by atoms with E-state index in [1.54, 1.807) is 50.6 Å². The van der Waals surface area contributed by atoms with E-state index in [2.05, 4.69) is 30.9 Å². The number of nitrogens with one attached hydrogen (secondary N) is 3. The van der Waals surface area contributed by atoms with Crippen molar-refractivity contribution in [3.05, 3.63) is 113 Å². The van der Waals surface area contributed by atoms with Gasteiger partial charge in [0.2, 0.25) is 0 Å². The molecule has 1 amide bonds. The quantitative estimate of drug-likeness (QED) is 0.152. The van der Waals surface area contributed by atoms with Crippen molar-refractivity contribution < 1.29 is 27.4 Å². The standard InChI is InChI=1S/C34H27F3N6O3/c1-18-7-10-23-22(11-12-38-33(23)42-31-26(36)13-20(35)14-27(31)37)29(18)43-34(44)25-6-4-5-24-30(25)40-17-41-32(24)39-16-19-8-9-21(45-2)15-28(19)46-3/h4-15,17H,16H2,1-3H3,(H,38,42)(H,43,44)(H,39,40,41). The van der Waals surface area contributed by atoms with Gasteiger partial charge in [-0.15, -0.1) is 0 Å². The summed E-state index contributed by atoms with van der Waals surface area (Å²) in [7, 11) is 3.17. The second-order valence-electron chi connectivity index (χ2n) is 10.3. The van der Waals surface area contributed by atoms with Crippen molar-refractivity contribution in [3.8, 4) is 11.5 Å². The van der Waals surface area contributed by atoms with Crippen molar-refractivity contribution in [2.24, 2.45) is 0 Å². The Labute approximate surface area is 261 Å². The summed E-state index contributed by atoms with van der Waals surface area (Å²) in [6.07, 6.45) is 2.83. The van der Waals surface area contributed by atoms with Crippen LogP contribution in [0.25, 0.3) is 21.7 Å². The monoisotopic (exact) mass is 624 g/mol. The van der Waals surface area contributed by atoms with Gasteiger partial charge in [-0.2, -0.15) is 0 Å². The molecule has 0 saturated heterocycles. The minimum atomic E-state index is -1.10. The van der Waals surface area contributed by atoms with Gasteiger partial charge in [0, 0.05) is 52.7 Å². The molecule has 2 aromatic heterocycles. The number of hydrogen-bond acceptors (Lipinski definition) is 8. The zero-order chi connectivity index (χ0) is 32.4. The largest absolute Gasteiger partial charge is 0.497 e. The number of fused-ring (bicyclic) bond motifs is 2. The molecule has 0 radical (unpaired) electrons. The number of anilines is 4. The average molecular weight is 625 g/mol. The number of rotatable bonds is 9. The Morgan fingerprint density at radius 1 is 0.804 bits per heavy atom. The maximum atomic E-state index is 14.4. The molecule has 0 spiro atoms. The van der Waals surface area contributed by atoms with Crippen LogP contribution in [0.2, 0.25) is 0 Å². The summed E-state index contributed by atoms with van der Waals surface area (Å²) in [6, 6.07) is 17.1. The number of carbonyl (C=O) groups is 1. The fourth-order valence-corrected chi connectivity index (χ4v) is 5.18. The number of amides is 1. The molecule has 6 rings (SSSR count). The average Bonchev–Trinajstić information content (AvgIpc) is 3.06. The molecule has 6 aromatic rings. The molecule has 9 nitrogen and oxygen atoms in total. The smallest absolute Gasteiger partial charge is 0.257 e. The molecule has 0 aliphatic heterocycles. The molecule has 4 aromatic carbocycles. The zero-order valence-electron chi connectivity index (χ0n) is 24.9. The molecule has 46 heavy (non-hydrogen) atoms. The van der Waals surface area contributed by atoms with Gasteiger partial charge >= 0.3 is 0 Å². The summed E-state index contributed by atoms with van der Waals surface area (Å²) in [6.45, 7) is 2.21. The normalized spacial score (nSPS) is 11.0. The Kier molecular flexibility index (Phi) is 8.25. The van der Waals surface area contributed by atoms with Crippen LogP contribution in [0.5, 0.6) is 11.5 Å². The van der Waals surface area contributed by atoms with Crippen molar-refractivity contribution >= 4 is 50.6 Å². The van der Waals surface area contributed by atoms with Gasteiger partial charge in [-0.05, 0) is 42.8 Å². The summed E-state index contributed by atoms with van der Waals surface area (Å²) in [5.41, 5.74) is 2.29. The highest BCUT2D eigenvalue weighted by molar-refractivity contribution is 6.16. The van der Waals surface area contributed by atoms with Crippen LogP contribution in [0.3, 0.4) is 0 Å². The molecule has 0 bridgehead atoms. The number of para-hydroxylation sites is 1. The number of methoxy groups -OCH3 is 2. The number of carbonyl (C=O) groups excluding carboxylic acids is 1. The first-order chi connectivity index (χ1) is 22.3. The summed E-state index contributed by atoms with van der Waals surface area (Å²) in [5.74, 6) is -1.70. The van der Waals surface area contributed by atoms with E-state index < -0.39 is 29.0 Å². The summed E-state index contributed by atoms with van der Waals surface area (Å²) < 4.78 is 53.0.